The van der Waals surface area contributed by atoms with Crippen LogP contribution in [-0.4, -0.2) is 21.0 Å². The molecule has 1 aromatic rings. The molecule has 1 aliphatic carbocycles. The molecule has 0 saturated heterocycles. The van der Waals surface area contributed by atoms with Gasteiger partial charge in [-0.3, -0.25) is 4.57 Å². The van der Waals surface area contributed by atoms with Gasteiger partial charge in [0.2, 0.25) is 12.1 Å². The summed E-state index contributed by atoms with van der Waals surface area (Å²) < 4.78 is 1.67. The molecule has 1 aliphatic rings. The Morgan fingerprint density at radius 3 is 2.88 bits per heavy atom. The van der Waals surface area contributed by atoms with Gasteiger partial charge in [-0.2, -0.15) is 0 Å². The van der Waals surface area contributed by atoms with E-state index in [1.165, 1.54) is 25.6 Å². The van der Waals surface area contributed by atoms with Crippen LogP contribution in [0.3, 0.4) is 0 Å². The third kappa shape index (κ3) is 2.40. The number of aromatic nitrogens is 2. The van der Waals surface area contributed by atoms with Gasteiger partial charge < -0.3 is 15.4 Å². The summed E-state index contributed by atoms with van der Waals surface area (Å²) in [4.78, 5) is 14.1. The quantitative estimate of drug-likeness (QED) is 0.609. The standard InChI is InChI=1S/C11H18N4O2/c1-3-4-11(5-6-11)7-12-9-10(15(16)17)13-8-14(9)2/h8,12H,3-7H2,1-2H3. The van der Waals surface area contributed by atoms with E-state index in [-0.39, 0.29) is 5.82 Å². The summed E-state index contributed by atoms with van der Waals surface area (Å²) in [6.45, 7) is 2.98. The van der Waals surface area contributed by atoms with E-state index in [1.54, 1.807) is 11.6 Å². The fourth-order valence-electron chi connectivity index (χ4n) is 2.25. The molecule has 0 atom stereocenters. The van der Waals surface area contributed by atoms with Gasteiger partial charge in [-0.15, -0.1) is 0 Å². The highest BCUT2D eigenvalue weighted by Gasteiger charge is 2.41. The number of anilines is 1. The average molecular weight is 238 g/mol. The van der Waals surface area contributed by atoms with Crippen molar-refractivity contribution < 1.29 is 4.92 Å². The van der Waals surface area contributed by atoms with Crippen molar-refractivity contribution >= 4 is 11.6 Å². The minimum atomic E-state index is -0.443. The van der Waals surface area contributed by atoms with Crippen LogP contribution < -0.4 is 5.32 Å². The van der Waals surface area contributed by atoms with Crippen LogP contribution in [-0.2, 0) is 7.05 Å². The Hall–Kier alpha value is -1.59. The predicted molar refractivity (Wildman–Crippen MR) is 64.9 cm³/mol. The molecule has 1 aromatic heterocycles. The summed E-state index contributed by atoms with van der Waals surface area (Å²) in [7, 11) is 1.77. The van der Waals surface area contributed by atoms with Crippen molar-refractivity contribution in [1.29, 1.82) is 0 Å². The molecule has 94 valence electrons. The predicted octanol–water partition coefficient (Wildman–Crippen LogP) is 2.32. The Labute approximate surface area is 100 Å². The molecular weight excluding hydrogens is 220 g/mol. The summed E-state index contributed by atoms with van der Waals surface area (Å²) in [6, 6.07) is 0. The van der Waals surface area contributed by atoms with E-state index in [0.717, 1.165) is 13.0 Å². The van der Waals surface area contributed by atoms with Gasteiger partial charge in [0.15, 0.2) is 0 Å². The minimum absolute atomic E-state index is 0.0835. The lowest BCUT2D eigenvalue weighted by Crippen LogP contribution is -2.17. The van der Waals surface area contributed by atoms with Crippen LogP contribution in [0.25, 0.3) is 0 Å². The summed E-state index contributed by atoms with van der Waals surface area (Å²) in [5.41, 5.74) is 0.368. The van der Waals surface area contributed by atoms with Crippen molar-refractivity contribution in [3.8, 4) is 0 Å². The van der Waals surface area contributed by atoms with Crippen LogP contribution in [0.15, 0.2) is 6.33 Å². The Balaban J connectivity index is 2.04. The summed E-state index contributed by atoms with van der Waals surface area (Å²) in [5.74, 6) is 0.428. The Morgan fingerprint density at radius 2 is 2.35 bits per heavy atom. The molecule has 6 heteroatoms. The monoisotopic (exact) mass is 238 g/mol. The maximum atomic E-state index is 10.8. The first-order chi connectivity index (χ1) is 8.08. The largest absolute Gasteiger partial charge is 0.406 e. The smallest absolute Gasteiger partial charge is 0.364 e. The highest BCUT2D eigenvalue weighted by Crippen LogP contribution is 2.49. The fraction of sp³-hybridized carbons (Fsp3) is 0.727. The normalized spacial score (nSPS) is 16.8. The van der Waals surface area contributed by atoms with Gasteiger partial charge in [0, 0.05) is 13.6 Å². The maximum Gasteiger partial charge on any atom is 0.406 e. The molecule has 0 radical (unpaired) electrons. The molecule has 2 rings (SSSR count). The molecule has 0 amide bonds. The second-order valence-electron chi connectivity index (χ2n) is 4.89. The summed E-state index contributed by atoms with van der Waals surface area (Å²) >= 11 is 0. The Morgan fingerprint density at radius 1 is 1.65 bits per heavy atom. The maximum absolute atomic E-state index is 10.8. The van der Waals surface area contributed by atoms with E-state index >= 15 is 0 Å². The van der Waals surface area contributed by atoms with E-state index < -0.39 is 4.92 Å². The van der Waals surface area contributed by atoms with Gasteiger partial charge in [0.25, 0.3) is 0 Å². The lowest BCUT2D eigenvalue weighted by molar-refractivity contribution is -0.388. The zero-order valence-electron chi connectivity index (χ0n) is 10.3. The van der Waals surface area contributed by atoms with Crippen molar-refractivity contribution in [2.24, 2.45) is 12.5 Å². The molecule has 0 bridgehead atoms. The highest BCUT2D eigenvalue weighted by atomic mass is 16.6. The van der Waals surface area contributed by atoms with Gasteiger partial charge in [0.05, 0.1) is 0 Å². The van der Waals surface area contributed by atoms with Crippen LogP contribution in [0, 0.1) is 15.5 Å². The summed E-state index contributed by atoms with van der Waals surface area (Å²) in [5, 5.41) is 14.0. The number of nitrogens with one attached hydrogen (secondary N) is 1. The fourth-order valence-corrected chi connectivity index (χ4v) is 2.25. The molecule has 6 nitrogen and oxygen atoms in total. The van der Waals surface area contributed by atoms with E-state index in [2.05, 4.69) is 17.2 Å². The first-order valence-electron chi connectivity index (χ1n) is 5.97. The number of hydrogen-bond acceptors (Lipinski definition) is 4. The van der Waals surface area contributed by atoms with Crippen LogP contribution in [0.5, 0.6) is 0 Å². The highest BCUT2D eigenvalue weighted by molar-refractivity contribution is 5.52. The zero-order chi connectivity index (χ0) is 12.5. The van der Waals surface area contributed by atoms with Crippen molar-refractivity contribution in [3.05, 3.63) is 16.4 Å². The Bertz CT molecular complexity index is 423. The van der Waals surface area contributed by atoms with Gasteiger partial charge in [-0.25, -0.2) is 0 Å². The van der Waals surface area contributed by atoms with E-state index in [0.29, 0.717) is 11.2 Å². The van der Waals surface area contributed by atoms with Crippen LogP contribution in [0.4, 0.5) is 11.6 Å². The number of hydrogen-bond donors (Lipinski definition) is 1. The van der Waals surface area contributed by atoms with Crippen LogP contribution in [0.2, 0.25) is 0 Å². The summed E-state index contributed by atoms with van der Waals surface area (Å²) in [6.07, 6.45) is 6.26. The number of nitro groups is 1. The van der Waals surface area contributed by atoms with Crippen molar-refractivity contribution in [1.82, 2.24) is 9.55 Å². The lowest BCUT2D eigenvalue weighted by Gasteiger charge is -2.15. The van der Waals surface area contributed by atoms with E-state index in [1.807, 2.05) is 0 Å². The lowest BCUT2D eigenvalue weighted by atomic mass is 10.0. The van der Waals surface area contributed by atoms with Crippen molar-refractivity contribution in [2.45, 2.75) is 32.6 Å². The van der Waals surface area contributed by atoms with Crippen molar-refractivity contribution in [3.63, 3.8) is 0 Å². The second-order valence-corrected chi connectivity index (χ2v) is 4.89. The second kappa shape index (κ2) is 4.35. The average Bonchev–Trinajstić information content (AvgIpc) is 2.93. The molecule has 1 heterocycles. The van der Waals surface area contributed by atoms with Gasteiger partial charge in [-0.05, 0) is 34.6 Å². The molecule has 0 aromatic carbocycles. The molecule has 0 spiro atoms. The van der Waals surface area contributed by atoms with Crippen LogP contribution >= 0.6 is 0 Å². The molecule has 0 aliphatic heterocycles. The minimum Gasteiger partial charge on any atom is -0.364 e. The number of imidazole rings is 1. The molecule has 0 unspecified atom stereocenters. The van der Waals surface area contributed by atoms with Gasteiger partial charge in [-0.1, -0.05) is 13.3 Å². The first-order valence-corrected chi connectivity index (χ1v) is 5.97. The van der Waals surface area contributed by atoms with E-state index in [9.17, 15) is 10.1 Å². The molecule has 17 heavy (non-hydrogen) atoms. The van der Waals surface area contributed by atoms with Gasteiger partial charge >= 0.3 is 5.82 Å². The molecular formula is C11H18N4O2. The third-order valence-corrected chi connectivity index (χ3v) is 3.46. The molecule has 1 fully saturated rings. The SMILES string of the molecule is CCCC1(CNc2c([N+](=O)[O-])ncn2C)CC1. The van der Waals surface area contributed by atoms with Crippen LogP contribution in [0.1, 0.15) is 32.6 Å². The van der Waals surface area contributed by atoms with Crippen molar-refractivity contribution in [2.75, 3.05) is 11.9 Å². The molecule has 1 saturated carbocycles. The van der Waals surface area contributed by atoms with E-state index in [4.69, 9.17) is 0 Å². The third-order valence-electron chi connectivity index (χ3n) is 3.46. The topological polar surface area (TPSA) is 73.0 Å². The first kappa shape index (κ1) is 11.9. The zero-order valence-corrected chi connectivity index (χ0v) is 10.3. The number of nitrogens with zero attached hydrogens (tertiary/aromatic N) is 3. The Kier molecular flexibility index (Phi) is 3.04. The number of aryl methyl sites for hydroxylation is 1. The number of rotatable bonds is 6. The molecule has 1 N–H and O–H groups in total. The van der Waals surface area contributed by atoms with Gasteiger partial charge in [0.1, 0.15) is 0 Å².